The van der Waals surface area contributed by atoms with Crippen molar-refractivity contribution in [2.24, 2.45) is 34.1 Å². The van der Waals surface area contributed by atoms with Gasteiger partial charge in [-0.05, 0) is 61.8 Å². The van der Waals surface area contributed by atoms with Gasteiger partial charge >= 0.3 is 0 Å². The molecule has 0 aromatic heterocycles. The topological polar surface area (TPSA) is 38.4 Å². The maximum absolute atomic E-state index is 5.81. The summed E-state index contributed by atoms with van der Waals surface area (Å²) in [5.41, 5.74) is 2.73. The molecule has 0 saturated heterocycles. The molecule has 0 aliphatic heterocycles. The van der Waals surface area contributed by atoms with E-state index in [1.54, 1.807) is 0 Å². The standard InChI is InChI=1S/C17H22N2/c18-19-16(15-4-2-1-3-5-15)17-9-12-6-13(10-17)8-14(7-12)11-17/h1-5,12-14H,6-11,18H2/b19-16-. The minimum absolute atomic E-state index is 0.296. The van der Waals surface area contributed by atoms with Crippen LogP contribution in [0, 0.1) is 23.2 Å². The zero-order valence-corrected chi connectivity index (χ0v) is 11.4. The van der Waals surface area contributed by atoms with Crippen LogP contribution in [0.4, 0.5) is 0 Å². The van der Waals surface area contributed by atoms with Gasteiger partial charge in [-0.15, -0.1) is 0 Å². The fourth-order valence-electron chi connectivity index (χ4n) is 5.51. The second kappa shape index (κ2) is 4.09. The lowest BCUT2D eigenvalue weighted by molar-refractivity contribution is -0.0121. The van der Waals surface area contributed by atoms with E-state index in [9.17, 15) is 0 Å². The minimum Gasteiger partial charge on any atom is -0.323 e. The molecule has 0 unspecified atom stereocenters. The van der Waals surface area contributed by atoms with Gasteiger partial charge in [0.25, 0.3) is 0 Å². The summed E-state index contributed by atoms with van der Waals surface area (Å²) >= 11 is 0. The maximum atomic E-state index is 5.81. The zero-order valence-electron chi connectivity index (χ0n) is 11.4. The molecule has 4 bridgehead atoms. The van der Waals surface area contributed by atoms with Crippen LogP contribution in [0.25, 0.3) is 0 Å². The normalized spacial score (nSPS) is 40.6. The van der Waals surface area contributed by atoms with Gasteiger partial charge in [0.2, 0.25) is 0 Å². The number of hydrazone groups is 1. The molecule has 4 saturated carbocycles. The summed E-state index contributed by atoms with van der Waals surface area (Å²) < 4.78 is 0. The largest absolute Gasteiger partial charge is 0.323 e. The molecule has 0 atom stereocenters. The van der Waals surface area contributed by atoms with Crippen molar-refractivity contribution in [2.45, 2.75) is 38.5 Å². The third-order valence-corrected chi connectivity index (χ3v) is 5.72. The van der Waals surface area contributed by atoms with Gasteiger partial charge in [0.15, 0.2) is 0 Å². The average molecular weight is 254 g/mol. The van der Waals surface area contributed by atoms with Crippen LogP contribution in [0.1, 0.15) is 44.1 Å². The minimum atomic E-state index is 0.296. The van der Waals surface area contributed by atoms with Gasteiger partial charge in [-0.2, -0.15) is 5.10 Å². The Bertz CT molecular complexity index is 468. The first-order valence-corrected chi connectivity index (χ1v) is 7.63. The Balaban J connectivity index is 1.74. The molecule has 2 heteroatoms. The van der Waals surface area contributed by atoms with E-state index in [-0.39, 0.29) is 0 Å². The van der Waals surface area contributed by atoms with Gasteiger partial charge in [-0.25, -0.2) is 0 Å². The van der Waals surface area contributed by atoms with E-state index in [1.807, 2.05) is 0 Å². The fourth-order valence-corrected chi connectivity index (χ4v) is 5.51. The Morgan fingerprint density at radius 3 is 1.95 bits per heavy atom. The van der Waals surface area contributed by atoms with Crippen molar-refractivity contribution in [3.63, 3.8) is 0 Å². The van der Waals surface area contributed by atoms with Crippen LogP contribution in [-0.2, 0) is 0 Å². The fraction of sp³-hybridized carbons (Fsp3) is 0.588. The van der Waals surface area contributed by atoms with Gasteiger partial charge < -0.3 is 5.84 Å². The second-order valence-corrected chi connectivity index (χ2v) is 7.04. The highest BCUT2D eigenvalue weighted by atomic mass is 15.1. The quantitative estimate of drug-likeness (QED) is 0.489. The molecular weight excluding hydrogens is 232 g/mol. The monoisotopic (exact) mass is 254 g/mol. The summed E-state index contributed by atoms with van der Waals surface area (Å²) in [6, 6.07) is 10.6. The van der Waals surface area contributed by atoms with Crippen molar-refractivity contribution >= 4 is 5.71 Å². The SMILES string of the molecule is N/N=C(/c1ccccc1)C12CC3CC(CC(C3)C1)C2. The van der Waals surface area contributed by atoms with Gasteiger partial charge in [-0.1, -0.05) is 30.3 Å². The lowest BCUT2D eigenvalue weighted by atomic mass is 9.48. The predicted molar refractivity (Wildman–Crippen MR) is 77.8 cm³/mol. The summed E-state index contributed by atoms with van der Waals surface area (Å²) in [4.78, 5) is 0. The van der Waals surface area contributed by atoms with Crippen molar-refractivity contribution in [3.05, 3.63) is 35.9 Å². The Morgan fingerprint density at radius 1 is 0.947 bits per heavy atom. The average Bonchev–Trinajstić information content (AvgIpc) is 2.38. The van der Waals surface area contributed by atoms with E-state index < -0.39 is 0 Å². The van der Waals surface area contributed by atoms with Gasteiger partial charge in [-0.3, -0.25) is 0 Å². The lowest BCUT2D eigenvalue weighted by Gasteiger charge is -2.57. The van der Waals surface area contributed by atoms with Crippen LogP contribution in [0.15, 0.2) is 35.4 Å². The third-order valence-electron chi connectivity index (χ3n) is 5.72. The maximum Gasteiger partial charge on any atom is 0.0734 e. The Hall–Kier alpha value is -1.31. The molecule has 2 nitrogen and oxygen atoms in total. The smallest absolute Gasteiger partial charge is 0.0734 e. The number of nitrogens with zero attached hydrogens (tertiary/aromatic N) is 1. The van der Waals surface area contributed by atoms with Crippen molar-refractivity contribution in [3.8, 4) is 0 Å². The first-order valence-electron chi connectivity index (χ1n) is 7.63. The summed E-state index contributed by atoms with van der Waals surface area (Å²) in [5.74, 6) is 8.62. The molecule has 4 fully saturated rings. The van der Waals surface area contributed by atoms with E-state index in [2.05, 4.69) is 35.4 Å². The molecule has 1 aromatic carbocycles. The molecule has 0 amide bonds. The second-order valence-electron chi connectivity index (χ2n) is 7.04. The van der Waals surface area contributed by atoms with E-state index in [0.29, 0.717) is 5.41 Å². The first-order chi connectivity index (χ1) is 9.29. The molecule has 0 heterocycles. The summed E-state index contributed by atoms with van der Waals surface area (Å²) in [6.07, 6.45) is 8.36. The van der Waals surface area contributed by atoms with Crippen LogP contribution < -0.4 is 5.84 Å². The molecule has 100 valence electrons. The van der Waals surface area contributed by atoms with E-state index in [1.165, 1.54) is 49.8 Å². The van der Waals surface area contributed by atoms with Crippen LogP contribution in [-0.4, -0.2) is 5.71 Å². The van der Waals surface area contributed by atoms with Crippen molar-refractivity contribution < 1.29 is 0 Å². The van der Waals surface area contributed by atoms with Crippen LogP contribution >= 0.6 is 0 Å². The molecule has 4 aliphatic rings. The molecular formula is C17H22N2. The van der Waals surface area contributed by atoms with Crippen molar-refractivity contribution in [1.82, 2.24) is 0 Å². The van der Waals surface area contributed by atoms with E-state index in [4.69, 9.17) is 5.84 Å². The van der Waals surface area contributed by atoms with E-state index >= 15 is 0 Å². The van der Waals surface area contributed by atoms with Crippen LogP contribution in [0.3, 0.4) is 0 Å². The lowest BCUT2D eigenvalue weighted by Crippen LogP contribution is -2.50. The Kier molecular flexibility index (Phi) is 2.48. The van der Waals surface area contributed by atoms with Crippen molar-refractivity contribution in [1.29, 1.82) is 0 Å². The highest BCUT2D eigenvalue weighted by Gasteiger charge is 2.53. The number of nitrogens with two attached hydrogens (primary N) is 1. The van der Waals surface area contributed by atoms with Gasteiger partial charge in [0.1, 0.15) is 0 Å². The van der Waals surface area contributed by atoms with Crippen LogP contribution in [0.5, 0.6) is 0 Å². The number of rotatable bonds is 2. The molecule has 2 N–H and O–H groups in total. The van der Waals surface area contributed by atoms with Crippen LogP contribution in [0.2, 0.25) is 0 Å². The molecule has 5 rings (SSSR count). The van der Waals surface area contributed by atoms with E-state index in [0.717, 1.165) is 17.8 Å². The van der Waals surface area contributed by atoms with Gasteiger partial charge in [0.05, 0.1) is 5.71 Å². The summed E-state index contributed by atoms with van der Waals surface area (Å²) in [6.45, 7) is 0. The summed E-state index contributed by atoms with van der Waals surface area (Å²) in [5, 5.41) is 4.26. The number of hydrogen-bond donors (Lipinski definition) is 1. The zero-order chi connectivity index (χ0) is 12.9. The first kappa shape index (κ1) is 11.5. The highest BCUT2D eigenvalue weighted by Crippen LogP contribution is 2.61. The molecule has 0 radical (unpaired) electrons. The number of hydrogen-bond acceptors (Lipinski definition) is 2. The molecule has 1 aromatic rings. The number of benzene rings is 1. The van der Waals surface area contributed by atoms with Crippen molar-refractivity contribution in [2.75, 3.05) is 0 Å². The molecule has 4 aliphatic carbocycles. The van der Waals surface area contributed by atoms with Gasteiger partial charge in [0, 0.05) is 5.41 Å². The highest BCUT2D eigenvalue weighted by molar-refractivity contribution is 6.04. The summed E-state index contributed by atoms with van der Waals surface area (Å²) in [7, 11) is 0. The predicted octanol–water partition coefficient (Wildman–Crippen LogP) is 3.57. The molecule has 19 heavy (non-hydrogen) atoms. The Morgan fingerprint density at radius 2 is 1.47 bits per heavy atom. The third kappa shape index (κ3) is 1.73. The molecule has 0 spiro atoms. The Labute approximate surface area is 115 Å².